The van der Waals surface area contributed by atoms with Crippen LogP contribution in [0, 0.1) is 0 Å². The van der Waals surface area contributed by atoms with Gasteiger partial charge in [-0.05, 0) is 57.8 Å². The van der Waals surface area contributed by atoms with E-state index in [-0.39, 0.29) is 43.3 Å². The second-order valence-electron chi connectivity index (χ2n) is 10.3. The number of ether oxygens (including phenoxy) is 2. The molecule has 2 heterocycles. The summed E-state index contributed by atoms with van der Waals surface area (Å²) in [6.07, 6.45) is -0.105. The number of aliphatic carboxylic acids is 1. The standard InChI is InChI=1S/C31H33N5O7S/c37-18-21-6-8-22(9-7-21)27-16-26(19-44-31-33-34-35-36(31)24-12-14-25(38)15-13-24)42-30(43-27)23-10-4-20(5-11-23)17-32-28(39)2-1-3-29(40)41/h4-15,26-27,30,37-38H,1-3,16-19H2,(H,32,39)(H,40,41)/t26-,27+,30+/m0/s1. The number of tetrazole rings is 1. The fraction of sp³-hybridized carbons (Fsp3) is 0.323. The van der Waals surface area contributed by atoms with Crippen molar-refractivity contribution in [2.45, 2.75) is 62.5 Å². The van der Waals surface area contributed by atoms with E-state index >= 15 is 0 Å². The summed E-state index contributed by atoms with van der Waals surface area (Å²) in [5, 5.41) is 43.3. The van der Waals surface area contributed by atoms with Crippen molar-refractivity contribution in [2.24, 2.45) is 0 Å². The maximum absolute atomic E-state index is 12.0. The van der Waals surface area contributed by atoms with Gasteiger partial charge < -0.3 is 30.1 Å². The summed E-state index contributed by atoms with van der Waals surface area (Å²) >= 11 is 1.46. The molecule has 1 fully saturated rings. The molecule has 0 aliphatic carbocycles. The molecule has 1 saturated heterocycles. The summed E-state index contributed by atoms with van der Waals surface area (Å²) in [6, 6.07) is 21.9. The Kier molecular flexibility index (Phi) is 10.6. The molecule has 0 saturated carbocycles. The number of hydrogen-bond donors (Lipinski definition) is 4. The predicted octanol–water partition coefficient (Wildman–Crippen LogP) is 4.07. The van der Waals surface area contributed by atoms with Crippen LogP contribution in [0.15, 0.2) is 78.0 Å². The van der Waals surface area contributed by atoms with Crippen LogP contribution in [0.4, 0.5) is 0 Å². The van der Waals surface area contributed by atoms with Crippen LogP contribution in [0.1, 0.15) is 60.3 Å². The van der Waals surface area contributed by atoms with Crippen molar-refractivity contribution in [1.29, 1.82) is 0 Å². The number of carbonyl (C=O) groups excluding carboxylic acids is 1. The van der Waals surface area contributed by atoms with Crippen LogP contribution >= 0.6 is 11.8 Å². The second-order valence-corrected chi connectivity index (χ2v) is 11.3. The van der Waals surface area contributed by atoms with Crippen LogP contribution in [0.5, 0.6) is 5.75 Å². The average molecular weight is 620 g/mol. The number of phenols is 1. The summed E-state index contributed by atoms with van der Waals surface area (Å²) in [4.78, 5) is 22.7. The molecule has 3 aromatic carbocycles. The fourth-order valence-electron chi connectivity index (χ4n) is 4.70. The molecule has 0 unspecified atom stereocenters. The fourth-order valence-corrected chi connectivity index (χ4v) is 5.60. The molecule has 0 spiro atoms. The number of hydrogen-bond acceptors (Lipinski definition) is 10. The summed E-state index contributed by atoms with van der Waals surface area (Å²) in [7, 11) is 0. The Labute approximate surface area is 258 Å². The minimum absolute atomic E-state index is 0.0367. The zero-order valence-electron chi connectivity index (χ0n) is 23.8. The van der Waals surface area contributed by atoms with Gasteiger partial charge in [-0.25, -0.2) is 0 Å². The molecule has 1 aromatic heterocycles. The van der Waals surface area contributed by atoms with Crippen LogP contribution in [-0.4, -0.2) is 59.3 Å². The van der Waals surface area contributed by atoms with Gasteiger partial charge in [-0.15, -0.1) is 5.10 Å². The van der Waals surface area contributed by atoms with E-state index in [1.165, 1.54) is 11.8 Å². The third kappa shape index (κ3) is 8.41. The van der Waals surface area contributed by atoms with Crippen LogP contribution in [0.3, 0.4) is 0 Å². The number of carboxylic acid groups (broad SMARTS) is 1. The topological polar surface area (TPSA) is 169 Å². The quantitative estimate of drug-likeness (QED) is 0.159. The Morgan fingerprint density at radius 1 is 0.932 bits per heavy atom. The Balaban J connectivity index is 1.26. The number of amides is 1. The predicted molar refractivity (Wildman–Crippen MR) is 160 cm³/mol. The van der Waals surface area contributed by atoms with Crippen LogP contribution in [-0.2, 0) is 32.2 Å². The summed E-state index contributed by atoms with van der Waals surface area (Å²) in [6.45, 7) is 0.287. The van der Waals surface area contributed by atoms with Crippen LogP contribution in [0.2, 0.25) is 0 Å². The van der Waals surface area contributed by atoms with Crippen molar-refractivity contribution in [3.05, 3.63) is 95.1 Å². The number of carboxylic acids is 1. The minimum atomic E-state index is -0.917. The Hall–Kier alpha value is -4.30. The first-order chi connectivity index (χ1) is 21.4. The van der Waals surface area contributed by atoms with Gasteiger partial charge in [-0.2, -0.15) is 4.68 Å². The van der Waals surface area contributed by atoms with E-state index in [1.807, 2.05) is 48.5 Å². The highest BCUT2D eigenvalue weighted by atomic mass is 32.2. The number of benzene rings is 3. The molecule has 13 heteroatoms. The van der Waals surface area contributed by atoms with Gasteiger partial charge in [0.05, 0.1) is 24.5 Å². The lowest BCUT2D eigenvalue weighted by molar-refractivity contribution is -0.245. The number of aliphatic hydroxyl groups is 1. The molecule has 5 rings (SSSR count). The summed E-state index contributed by atoms with van der Waals surface area (Å²) < 4.78 is 14.4. The number of carbonyl (C=O) groups is 2. The van der Waals surface area contributed by atoms with Crippen molar-refractivity contribution >= 4 is 23.6 Å². The lowest BCUT2D eigenvalue weighted by atomic mass is 10.0. The number of nitrogens with zero attached hydrogens (tertiary/aromatic N) is 4. The number of aliphatic hydroxyl groups excluding tert-OH is 1. The van der Waals surface area contributed by atoms with Gasteiger partial charge in [0.25, 0.3) is 0 Å². The molecule has 3 atom stereocenters. The maximum atomic E-state index is 12.0. The molecule has 44 heavy (non-hydrogen) atoms. The molecule has 12 nitrogen and oxygen atoms in total. The zero-order valence-corrected chi connectivity index (χ0v) is 24.6. The minimum Gasteiger partial charge on any atom is -0.508 e. The molecular weight excluding hydrogens is 586 g/mol. The van der Waals surface area contributed by atoms with Gasteiger partial charge in [0.15, 0.2) is 6.29 Å². The smallest absolute Gasteiger partial charge is 0.303 e. The number of rotatable bonds is 13. The average Bonchev–Trinajstić information content (AvgIpc) is 3.52. The van der Waals surface area contributed by atoms with Gasteiger partial charge in [-0.1, -0.05) is 60.3 Å². The summed E-state index contributed by atoms with van der Waals surface area (Å²) in [5.41, 5.74) is 4.22. The second kappa shape index (κ2) is 14.9. The SMILES string of the molecule is O=C(O)CCCC(=O)NCc1ccc([C@@H]2O[C@H](CSc3nnnn3-c3ccc(O)cc3)C[C@H](c3ccc(CO)cc3)O2)cc1. The molecule has 230 valence electrons. The number of thioether (sulfide) groups is 1. The van der Waals surface area contributed by atoms with Crippen LogP contribution in [0.25, 0.3) is 5.69 Å². The van der Waals surface area contributed by atoms with Gasteiger partial charge in [0, 0.05) is 37.1 Å². The molecule has 4 aromatic rings. The normalized spacial score (nSPS) is 18.2. The van der Waals surface area contributed by atoms with Crippen molar-refractivity contribution in [3.8, 4) is 11.4 Å². The number of nitrogens with one attached hydrogen (secondary N) is 1. The van der Waals surface area contributed by atoms with Gasteiger partial charge >= 0.3 is 5.97 Å². The number of aromatic nitrogens is 4. The van der Waals surface area contributed by atoms with Gasteiger partial charge in [-0.3, -0.25) is 9.59 Å². The van der Waals surface area contributed by atoms with Gasteiger partial charge in [0.1, 0.15) is 5.75 Å². The first-order valence-corrected chi connectivity index (χ1v) is 15.1. The van der Waals surface area contributed by atoms with E-state index in [0.717, 1.165) is 27.9 Å². The number of aromatic hydroxyl groups is 1. The highest BCUT2D eigenvalue weighted by molar-refractivity contribution is 7.99. The molecule has 1 aliphatic heterocycles. The number of phenolic OH excluding ortho intramolecular Hbond substituents is 1. The van der Waals surface area contributed by atoms with Crippen molar-refractivity contribution in [3.63, 3.8) is 0 Å². The van der Waals surface area contributed by atoms with E-state index in [1.54, 1.807) is 28.9 Å². The van der Waals surface area contributed by atoms with Gasteiger partial charge in [0.2, 0.25) is 11.1 Å². The molecule has 0 bridgehead atoms. The monoisotopic (exact) mass is 619 g/mol. The highest BCUT2D eigenvalue weighted by Crippen LogP contribution is 2.39. The Bertz CT molecular complexity index is 1530. The van der Waals surface area contributed by atoms with Crippen molar-refractivity contribution in [2.75, 3.05) is 5.75 Å². The molecule has 1 amide bonds. The van der Waals surface area contributed by atoms with Crippen molar-refractivity contribution in [1.82, 2.24) is 25.5 Å². The van der Waals surface area contributed by atoms with Crippen LogP contribution < -0.4 is 5.32 Å². The largest absolute Gasteiger partial charge is 0.508 e. The van der Waals surface area contributed by atoms with E-state index < -0.39 is 12.3 Å². The third-order valence-corrected chi connectivity index (χ3v) is 8.14. The Morgan fingerprint density at radius 3 is 2.34 bits per heavy atom. The van der Waals surface area contributed by atoms with E-state index in [2.05, 4.69) is 20.8 Å². The molecular formula is C31H33N5O7S. The third-order valence-electron chi connectivity index (χ3n) is 7.08. The van der Waals surface area contributed by atoms with E-state index in [4.69, 9.17) is 14.6 Å². The zero-order chi connectivity index (χ0) is 30.9. The lowest BCUT2D eigenvalue weighted by Gasteiger charge is -2.36. The Morgan fingerprint density at radius 2 is 1.64 bits per heavy atom. The highest BCUT2D eigenvalue weighted by Gasteiger charge is 2.32. The van der Waals surface area contributed by atoms with E-state index in [9.17, 15) is 19.8 Å². The first-order valence-electron chi connectivity index (χ1n) is 14.2. The molecule has 1 aliphatic rings. The van der Waals surface area contributed by atoms with E-state index in [0.29, 0.717) is 30.3 Å². The lowest BCUT2D eigenvalue weighted by Crippen LogP contribution is -2.31. The maximum Gasteiger partial charge on any atom is 0.303 e. The molecule has 4 N–H and O–H groups in total. The van der Waals surface area contributed by atoms with Crippen molar-refractivity contribution < 1.29 is 34.4 Å². The molecule has 0 radical (unpaired) electrons. The summed E-state index contributed by atoms with van der Waals surface area (Å²) in [5.74, 6) is -0.405. The first kappa shape index (κ1) is 31.1.